The van der Waals surface area contributed by atoms with Crippen LogP contribution in [0.2, 0.25) is 0 Å². The molecule has 2 atom stereocenters. The van der Waals surface area contributed by atoms with Gasteiger partial charge in [0.05, 0.1) is 17.9 Å². The molecule has 3 rings (SSSR count). The molecule has 0 unspecified atom stereocenters. The van der Waals surface area contributed by atoms with Crippen molar-refractivity contribution in [2.75, 3.05) is 0 Å². The average Bonchev–Trinajstić information content (AvgIpc) is 2.85. The predicted molar refractivity (Wildman–Crippen MR) is 91.8 cm³/mol. The van der Waals surface area contributed by atoms with E-state index in [1.165, 1.54) is 0 Å². The molecule has 0 saturated heterocycles. The Hall–Kier alpha value is -1.93. The van der Waals surface area contributed by atoms with E-state index in [1.807, 2.05) is 20.9 Å². The number of carbonyl (C=O) groups excluding carboxylic acids is 1. The van der Waals surface area contributed by atoms with E-state index in [9.17, 15) is 9.59 Å². The number of ether oxygens (including phenoxy) is 1. The number of fused-ring (bicyclic) bond motifs is 1. The third-order valence-corrected chi connectivity index (χ3v) is 4.56. The van der Waals surface area contributed by atoms with E-state index < -0.39 is 0 Å². The molecule has 8 heteroatoms. The summed E-state index contributed by atoms with van der Waals surface area (Å²) in [4.78, 5) is 26.9. The van der Waals surface area contributed by atoms with Gasteiger partial charge in [0.1, 0.15) is 0 Å². The second-order valence-electron chi connectivity index (χ2n) is 5.98. The first-order valence-electron chi connectivity index (χ1n) is 7.73. The van der Waals surface area contributed by atoms with Crippen LogP contribution >= 0.6 is 15.9 Å². The predicted octanol–water partition coefficient (Wildman–Crippen LogP) is 1.82. The summed E-state index contributed by atoms with van der Waals surface area (Å²) in [7, 11) is 1.81. The fourth-order valence-electron chi connectivity index (χ4n) is 3.11. The smallest absolute Gasteiger partial charge is 0.272 e. The van der Waals surface area contributed by atoms with Crippen molar-refractivity contribution in [1.29, 1.82) is 0 Å². The molecule has 0 aromatic carbocycles. The summed E-state index contributed by atoms with van der Waals surface area (Å²) in [6.07, 6.45) is 2.14. The molecule has 128 valence electrons. The molecule has 3 heterocycles. The molecule has 24 heavy (non-hydrogen) atoms. The second kappa shape index (κ2) is 6.52. The number of hydrogen-bond donors (Lipinski definition) is 2. The first kappa shape index (κ1) is 16.9. The van der Waals surface area contributed by atoms with Crippen LogP contribution in [0.5, 0.6) is 0 Å². The van der Waals surface area contributed by atoms with Crippen molar-refractivity contribution >= 4 is 21.8 Å². The van der Waals surface area contributed by atoms with Gasteiger partial charge in [0.2, 0.25) is 0 Å². The number of amides is 1. The van der Waals surface area contributed by atoms with Gasteiger partial charge in [-0.2, -0.15) is 5.10 Å². The van der Waals surface area contributed by atoms with Crippen molar-refractivity contribution in [3.8, 4) is 0 Å². The number of rotatable bonds is 3. The fraction of sp³-hybridized carbons (Fsp3) is 0.438. The SMILES string of the molecule is C[C@@H]1Cc2c(C(=O)NCc3cc(Br)c[nH]c3=O)nn(C)c2[C@H](C)O1. The van der Waals surface area contributed by atoms with E-state index in [0.717, 1.165) is 15.7 Å². The Balaban J connectivity index is 1.82. The summed E-state index contributed by atoms with van der Waals surface area (Å²) in [5.41, 5.74) is 2.51. The highest BCUT2D eigenvalue weighted by Gasteiger charge is 2.31. The van der Waals surface area contributed by atoms with Crippen molar-refractivity contribution in [2.45, 2.75) is 39.0 Å². The van der Waals surface area contributed by atoms with Crippen molar-refractivity contribution in [2.24, 2.45) is 7.05 Å². The Labute approximate surface area is 147 Å². The van der Waals surface area contributed by atoms with Crippen LogP contribution in [0.3, 0.4) is 0 Å². The molecule has 2 aromatic rings. The van der Waals surface area contributed by atoms with Crippen molar-refractivity contribution in [3.05, 3.63) is 49.6 Å². The number of H-pyrrole nitrogens is 1. The monoisotopic (exact) mass is 394 g/mol. The Kier molecular flexibility index (Phi) is 4.60. The molecule has 7 nitrogen and oxygen atoms in total. The normalized spacial score (nSPS) is 19.8. The van der Waals surface area contributed by atoms with Gasteiger partial charge in [-0.05, 0) is 35.8 Å². The number of aromatic nitrogens is 3. The molecule has 0 radical (unpaired) electrons. The van der Waals surface area contributed by atoms with Gasteiger partial charge in [0, 0.05) is 41.8 Å². The van der Waals surface area contributed by atoms with Gasteiger partial charge in [0.15, 0.2) is 5.69 Å². The number of carbonyl (C=O) groups is 1. The van der Waals surface area contributed by atoms with Gasteiger partial charge < -0.3 is 15.0 Å². The van der Waals surface area contributed by atoms with E-state index in [-0.39, 0.29) is 30.2 Å². The fourth-order valence-corrected chi connectivity index (χ4v) is 3.50. The molecule has 2 N–H and O–H groups in total. The van der Waals surface area contributed by atoms with Crippen molar-refractivity contribution in [3.63, 3.8) is 0 Å². The van der Waals surface area contributed by atoms with Crippen LogP contribution < -0.4 is 10.9 Å². The molecular formula is C16H19BrN4O3. The second-order valence-corrected chi connectivity index (χ2v) is 6.90. The lowest BCUT2D eigenvalue weighted by molar-refractivity contribution is -0.00903. The summed E-state index contributed by atoms with van der Waals surface area (Å²) in [6.45, 7) is 4.08. The summed E-state index contributed by atoms with van der Waals surface area (Å²) in [5.74, 6) is -0.285. The topological polar surface area (TPSA) is 89.0 Å². The minimum Gasteiger partial charge on any atom is -0.369 e. The minimum atomic E-state index is -0.285. The number of nitrogens with zero attached hydrogens (tertiary/aromatic N) is 2. The van der Waals surface area contributed by atoms with Crippen LogP contribution in [-0.2, 0) is 24.8 Å². The van der Waals surface area contributed by atoms with Crippen molar-refractivity contribution < 1.29 is 9.53 Å². The molecule has 1 aliphatic rings. The zero-order valence-electron chi connectivity index (χ0n) is 13.7. The quantitative estimate of drug-likeness (QED) is 0.830. The summed E-state index contributed by atoms with van der Waals surface area (Å²) in [5, 5.41) is 7.14. The van der Waals surface area contributed by atoms with Gasteiger partial charge in [-0.25, -0.2) is 0 Å². The summed E-state index contributed by atoms with van der Waals surface area (Å²) < 4.78 is 8.25. The van der Waals surface area contributed by atoms with Gasteiger partial charge in [-0.15, -0.1) is 0 Å². The Bertz CT molecular complexity index is 842. The molecule has 0 aliphatic carbocycles. The molecule has 0 bridgehead atoms. The standard InChI is InChI=1S/C16H19BrN4O3/c1-8-4-12-13(20-21(3)14(12)9(2)24-8)16(23)18-6-10-5-11(17)7-19-15(10)22/h5,7-9H,4,6H2,1-3H3,(H,18,23)(H,19,22)/t8-,9+/m1/s1. The summed E-state index contributed by atoms with van der Waals surface area (Å²) >= 11 is 3.30. The average molecular weight is 395 g/mol. The van der Waals surface area contributed by atoms with E-state index in [0.29, 0.717) is 17.7 Å². The van der Waals surface area contributed by atoms with Crippen LogP contribution in [0.25, 0.3) is 0 Å². The van der Waals surface area contributed by atoms with E-state index >= 15 is 0 Å². The lowest BCUT2D eigenvalue weighted by atomic mass is 9.99. The van der Waals surface area contributed by atoms with Gasteiger partial charge in [-0.1, -0.05) is 0 Å². The Morgan fingerprint density at radius 3 is 3.04 bits per heavy atom. The van der Waals surface area contributed by atoms with Gasteiger partial charge in [0.25, 0.3) is 11.5 Å². The molecule has 1 amide bonds. The maximum absolute atomic E-state index is 12.6. The number of aryl methyl sites for hydroxylation is 1. The first-order valence-corrected chi connectivity index (χ1v) is 8.52. The Morgan fingerprint density at radius 1 is 1.54 bits per heavy atom. The molecule has 0 saturated carbocycles. The number of nitrogens with one attached hydrogen (secondary N) is 2. The molecule has 0 spiro atoms. The lowest BCUT2D eigenvalue weighted by Gasteiger charge is -2.26. The summed E-state index contributed by atoms with van der Waals surface area (Å²) in [6, 6.07) is 1.69. The number of halogens is 1. The third kappa shape index (κ3) is 3.16. The van der Waals surface area contributed by atoms with Crippen LogP contribution in [-0.4, -0.2) is 26.8 Å². The van der Waals surface area contributed by atoms with Gasteiger partial charge >= 0.3 is 0 Å². The van der Waals surface area contributed by atoms with Crippen LogP contribution in [0.1, 0.15) is 47.3 Å². The maximum atomic E-state index is 12.6. The molecule has 0 fully saturated rings. The highest BCUT2D eigenvalue weighted by Crippen LogP contribution is 2.31. The number of hydrogen-bond acceptors (Lipinski definition) is 4. The minimum absolute atomic E-state index is 0.0381. The molecule has 2 aromatic heterocycles. The van der Waals surface area contributed by atoms with Gasteiger partial charge in [-0.3, -0.25) is 14.3 Å². The Morgan fingerprint density at radius 2 is 2.29 bits per heavy atom. The van der Waals surface area contributed by atoms with Crippen LogP contribution in [0.4, 0.5) is 0 Å². The maximum Gasteiger partial charge on any atom is 0.272 e. The zero-order valence-corrected chi connectivity index (χ0v) is 15.3. The first-order chi connectivity index (χ1) is 11.4. The number of pyridine rings is 1. The van der Waals surface area contributed by atoms with Crippen LogP contribution in [0, 0.1) is 0 Å². The highest BCUT2D eigenvalue weighted by molar-refractivity contribution is 9.10. The zero-order chi connectivity index (χ0) is 17.4. The largest absolute Gasteiger partial charge is 0.369 e. The highest BCUT2D eigenvalue weighted by atomic mass is 79.9. The molecular weight excluding hydrogens is 376 g/mol. The van der Waals surface area contributed by atoms with Crippen LogP contribution in [0.15, 0.2) is 21.5 Å². The third-order valence-electron chi connectivity index (χ3n) is 4.11. The number of aromatic amines is 1. The van der Waals surface area contributed by atoms with E-state index in [1.54, 1.807) is 16.9 Å². The van der Waals surface area contributed by atoms with E-state index in [4.69, 9.17) is 4.74 Å². The molecule has 1 aliphatic heterocycles. The van der Waals surface area contributed by atoms with E-state index in [2.05, 4.69) is 31.3 Å². The van der Waals surface area contributed by atoms with Crippen molar-refractivity contribution in [1.82, 2.24) is 20.1 Å². The lowest BCUT2D eigenvalue weighted by Crippen LogP contribution is -2.29.